The van der Waals surface area contributed by atoms with Crippen LogP contribution in [0.25, 0.3) is 0 Å². The number of nitrogens with zero attached hydrogens (tertiary/aromatic N) is 3. The summed E-state index contributed by atoms with van der Waals surface area (Å²) in [5.74, 6) is 1.28. The lowest BCUT2D eigenvalue weighted by atomic mass is 10.2. The Bertz CT molecular complexity index is 723. The second-order valence-corrected chi connectivity index (χ2v) is 6.89. The third-order valence-electron chi connectivity index (χ3n) is 5.01. The number of rotatable bonds is 5. The maximum atomic E-state index is 6.03. The van der Waals surface area contributed by atoms with Crippen LogP contribution < -0.4 is 21.3 Å². The fraction of sp³-hybridized carbons (Fsp3) is 0.474. The van der Waals surface area contributed by atoms with E-state index in [0.717, 1.165) is 37.8 Å². The number of benzene rings is 1. The van der Waals surface area contributed by atoms with Crippen LogP contribution in [0, 0.1) is 0 Å². The fourth-order valence-corrected chi connectivity index (χ4v) is 3.54. The molecule has 4 rings (SSSR count). The lowest BCUT2D eigenvalue weighted by Gasteiger charge is -2.28. The van der Waals surface area contributed by atoms with Gasteiger partial charge < -0.3 is 26.0 Å². The van der Waals surface area contributed by atoms with E-state index in [-0.39, 0.29) is 0 Å². The van der Waals surface area contributed by atoms with Crippen LogP contribution in [0.15, 0.2) is 30.5 Å². The molecule has 0 bridgehead atoms. The highest BCUT2D eigenvalue weighted by Gasteiger charge is 2.17. The van der Waals surface area contributed by atoms with E-state index in [9.17, 15) is 0 Å². The van der Waals surface area contributed by atoms with Gasteiger partial charge in [-0.2, -0.15) is 4.98 Å². The number of hydrogen-bond donors (Lipinski definition) is 3. The van der Waals surface area contributed by atoms with Gasteiger partial charge in [-0.3, -0.25) is 0 Å². The van der Waals surface area contributed by atoms with Gasteiger partial charge in [0.2, 0.25) is 5.95 Å². The number of nitrogens with one attached hydrogen (secondary N) is 2. The lowest BCUT2D eigenvalue weighted by Crippen LogP contribution is -2.36. The molecule has 1 aliphatic heterocycles. The van der Waals surface area contributed by atoms with E-state index >= 15 is 0 Å². The second kappa shape index (κ2) is 7.78. The first-order valence-corrected chi connectivity index (χ1v) is 9.37. The van der Waals surface area contributed by atoms with Crippen molar-refractivity contribution in [2.24, 2.45) is 0 Å². The van der Waals surface area contributed by atoms with Gasteiger partial charge in [0.05, 0.1) is 25.1 Å². The highest BCUT2D eigenvalue weighted by molar-refractivity contribution is 5.65. The zero-order chi connectivity index (χ0) is 17.8. The van der Waals surface area contributed by atoms with Crippen molar-refractivity contribution in [2.45, 2.75) is 31.7 Å². The Hall–Kier alpha value is -2.54. The number of nitrogen functional groups attached to an aromatic ring is 1. The smallest absolute Gasteiger partial charge is 0.229 e. The number of aromatic nitrogens is 2. The van der Waals surface area contributed by atoms with Crippen molar-refractivity contribution in [1.82, 2.24) is 9.97 Å². The SMILES string of the molecule is Nc1cnc(Nc2ccc(N3CCOCC3)cc2)nc1NC1CCCC1. The third kappa shape index (κ3) is 3.99. The molecule has 2 heterocycles. The van der Waals surface area contributed by atoms with Gasteiger partial charge in [-0.05, 0) is 37.1 Å². The van der Waals surface area contributed by atoms with E-state index in [2.05, 4.69) is 49.8 Å². The summed E-state index contributed by atoms with van der Waals surface area (Å²) < 4.78 is 5.41. The number of ether oxygens (including phenoxy) is 1. The highest BCUT2D eigenvalue weighted by atomic mass is 16.5. The Morgan fingerprint density at radius 1 is 1.08 bits per heavy atom. The van der Waals surface area contributed by atoms with E-state index in [1.165, 1.54) is 31.4 Å². The Kier molecular flexibility index (Phi) is 5.06. The van der Waals surface area contributed by atoms with Crippen molar-refractivity contribution in [3.05, 3.63) is 30.5 Å². The molecule has 0 unspecified atom stereocenters. The third-order valence-corrected chi connectivity index (χ3v) is 5.01. The number of nitrogens with two attached hydrogens (primary N) is 1. The Morgan fingerprint density at radius 3 is 2.54 bits per heavy atom. The molecule has 0 atom stereocenters. The van der Waals surface area contributed by atoms with Crippen LogP contribution in [0.2, 0.25) is 0 Å². The quantitative estimate of drug-likeness (QED) is 0.760. The Balaban J connectivity index is 1.43. The Morgan fingerprint density at radius 2 is 1.81 bits per heavy atom. The number of morpholine rings is 1. The molecule has 4 N–H and O–H groups in total. The van der Waals surface area contributed by atoms with Gasteiger partial charge in [0, 0.05) is 30.5 Å². The molecule has 2 aliphatic rings. The second-order valence-electron chi connectivity index (χ2n) is 6.89. The average molecular weight is 354 g/mol. The first kappa shape index (κ1) is 16.9. The van der Waals surface area contributed by atoms with Gasteiger partial charge >= 0.3 is 0 Å². The average Bonchev–Trinajstić information content (AvgIpc) is 3.19. The van der Waals surface area contributed by atoms with Crippen LogP contribution in [-0.2, 0) is 4.74 Å². The van der Waals surface area contributed by atoms with Crippen molar-refractivity contribution in [2.75, 3.05) is 47.6 Å². The van der Waals surface area contributed by atoms with Crippen molar-refractivity contribution < 1.29 is 4.74 Å². The van der Waals surface area contributed by atoms with Crippen LogP contribution in [-0.4, -0.2) is 42.3 Å². The molecule has 2 aromatic rings. The molecular formula is C19H26N6O. The first-order valence-electron chi connectivity index (χ1n) is 9.37. The van der Waals surface area contributed by atoms with Crippen LogP contribution in [0.1, 0.15) is 25.7 Å². The van der Waals surface area contributed by atoms with Crippen LogP contribution in [0.3, 0.4) is 0 Å². The zero-order valence-electron chi connectivity index (χ0n) is 14.9. The van der Waals surface area contributed by atoms with Crippen molar-refractivity contribution >= 4 is 28.8 Å². The molecule has 138 valence electrons. The monoisotopic (exact) mass is 354 g/mol. The summed E-state index contributed by atoms with van der Waals surface area (Å²) in [6.07, 6.45) is 6.55. The molecule has 2 fully saturated rings. The molecule has 1 aromatic carbocycles. The maximum Gasteiger partial charge on any atom is 0.229 e. The normalized spacial score (nSPS) is 18.1. The van der Waals surface area contributed by atoms with Crippen LogP contribution in [0.4, 0.5) is 28.8 Å². The summed E-state index contributed by atoms with van der Waals surface area (Å²) in [5.41, 5.74) is 8.79. The summed E-state index contributed by atoms with van der Waals surface area (Å²) in [6, 6.07) is 8.79. The van der Waals surface area contributed by atoms with Crippen molar-refractivity contribution in [3.63, 3.8) is 0 Å². The molecule has 1 saturated heterocycles. The zero-order valence-corrected chi connectivity index (χ0v) is 14.9. The largest absolute Gasteiger partial charge is 0.394 e. The molecule has 0 amide bonds. The highest BCUT2D eigenvalue weighted by Crippen LogP contribution is 2.26. The van der Waals surface area contributed by atoms with E-state index in [4.69, 9.17) is 10.5 Å². The molecule has 7 heteroatoms. The summed E-state index contributed by atoms with van der Waals surface area (Å²) >= 11 is 0. The minimum Gasteiger partial charge on any atom is -0.394 e. The summed E-state index contributed by atoms with van der Waals surface area (Å²) in [6.45, 7) is 3.44. The van der Waals surface area contributed by atoms with Crippen molar-refractivity contribution in [3.8, 4) is 0 Å². The van der Waals surface area contributed by atoms with Gasteiger partial charge in [0.15, 0.2) is 5.82 Å². The summed E-state index contributed by atoms with van der Waals surface area (Å²) in [5, 5.41) is 6.72. The lowest BCUT2D eigenvalue weighted by molar-refractivity contribution is 0.122. The van der Waals surface area contributed by atoms with Gasteiger partial charge in [0.25, 0.3) is 0 Å². The molecule has 7 nitrogen and oxygen atoms in total. The predicted octanol–water partition coefficient (Wildman–Crippen LogP) is 2.99. The van der Waals surface area contributed by atoms with Gasteiger partial charge in [0.1, 0.15) is 0 Å². The molecule has 1 aliphatic carbocycles. The standard InChI is InChI=1S/C19H26N6O/c20-17-13-21-19(24-18(17)22-14-3-1-2-4-14)23-15-5-7-16(8-6-15)25-9-11-26-12-10-25/h5-8,13-14H,1-4,9-12,20H2,(H2,21,22,23,24). The van der Waals surface area contributed by atoms with Gasteiger partial charge in [-0.15, -0.1) is 0 Å². The van der Waals surface area contributed by atoms with Crippen molar-refractivity contribution in [1.29, 1.82) is 0 Å². The van der Waals surface area contributed by atoms with E-state index in [0.29, 0.717) is 17.7 Å². The number of hydrogen-bond acceptors (Lipinski definition) is 7. The summed E-state index contributed by atoms with van der Waals surface area (Å²) in [7, 11) is 0. The minimum absolute atomic E-state index is 0.466. The van der Waals surface area contributed by atoms with E-state index in [1.54, 1.807) is 6.20 Å². The predicted molar refractivity (Wildman–Crippen MR) is 105 cm³/mol. The maximum absolute atomic E-state index is 6.03. The van der Waals surface area contributed by atoms with Crippen LogP contribution in [0.5, 0.6) is 0 Å². The molecule has 26 heavy (non-hydrogen) atoms. The van der Waals surface area contributed by atoms with E-state index in [1.807, 2.05) is 0 Å². The van der Waals surface area contributed by atoms with E-state index < -0.39 is 0 Å². The molecular weight excluding hydrogens is 328 g/mol. The number of anilines is 5. The van der Waals surface area contributed by atoms with Gasteiger partial charge in [-0.25, -0.2) is 4.98 Å². The first-order chi connectivity index (χ1) is 12.8. The molecule has 0 radical (unpaired) electrons. The van der Waals surface area contributed by atoms with Crippen LogP contribution >= 0.6 is 0 Å². The molecule has 0 spiro atoms. The Labute approximate surface area is 154 Å². The molecule has 1 aromatic heterocycles. The minimum atomic E-state index is 0.466. The summed E-state index contributed by atoms with van der Waals surface area (Å²) in [4.78, 5) is 11.2. The topological polar surface area (TPSA) is 88.3 Å². The van der Waals surface area contributed by atoms with Gasteiger partial charge in [-0.1, -0.05) is 12.8 Å². The molecule has 1 saturated carbocycles. The fourth-order valence-electron chi connectivity index (χ4n) is 3.54.